The van der Waals surface area contributed by atoms with E-state index >= 15 is 0 Å². The molecule has 0 bridgehead atoms. The molecule has 12 rings (SSSR count). The Bertz CT molecular complexity index is 3450. The molecule has 3 heteroatoms. The molecule has 9 aromatic carbocycles. The van der Waals surface area contributed by atoms with Gasteiger partial charge in [0.15, 0.2) is 0 Å². The highest BCUT2D eigenvalue weighted by Crippen LogP contribution is 2.50. The molecule has 0 atom stereocenters. The van der Waals surface area contributed by atoms with Crippen molar-refractivity contribution in [3.63, 3.8) is 0 Å². The fourth-order valence-corrected chi connectivity index (χ4v) is 9.61. The van der Waals surface area contributed by atoms with Crippen LogP contribution in [0, 0.1) is 0 Å². The zero-order chi connectivity index (χ0) is 38.5. The molecule has 0 amide bonds. The molecule has 58 heavy (non-hydrogen) atoms. The maximum Gasteiger partial charge on any atom is 0.143 e. The summed E-state index contributed by atoms with van der Waals surface area (Å²) in [5, 5.41) is 6.89. The molecule has 0 saturated carbocycles. The fraction of sp³-hybridized carbons (Fsp3) is 0.0545. The average Bonchev–Trinajstić information content (AvgIpc) is 3.78. The third-order valence-electron chi connectivity index (χ3n) is 12.5. The first kappa shape index (κ1) is 32.8. The van der Waals surface area contributed by atoms with E-state index in [0.717, 1.165) is 82.8 Å². The number of rotatable bonds is 4. The number of aromatic nitrogens is 2. The second-order valence-corrected chi connectivity index (χ2v) is 16.1. The SMILES string of the molecule is CC1(C)c2ccccc2-c2ccc(-c3cccc4c3oc3c(-c5cccc(-c6ccc(-c7cnc8c9ccccc9c9ccccc9c8n7)cc6)c5)cccc34)cc21. The van der Waals surface area contributed by atoms with Gasteiger partial charge in [-0.2, -0.15) is 0 Å². The van der Waals surface area contributed by atoms with Crippen LogP contribution in [0.4, 0.5) is 0 Å². The van der Waals surface area contributed by atoms with Gasteiger partial charge in [0.2, 0.25) is 0 Å². The molecule has 0 unspecified atom stereocenters. The summed E-state index contributed by atoms with van der Waals surface area (Å²) in [5.74, 6) is 0. The molecule has 0 spiro atoms. The molecular weight excluding hydrogens is 705 g/mol. The maximum atomic E-state index is 6.94. The van der Waals surface area contributed by atoms with Crippen LogP contribution in [0.3, 0.4) is 0 Å². The predicted octanol–water partition coefficient (Wildman–Crippen LogP) is 14.8. The average molecular weight is 741 g/mol. The van der Waals surface area contributed by atoms with E-state index in [0.29, 0.717) is 0 Å². The van der Waals surface area contributed by atoms with Crippen LogP contribution in [-0.4, -0.2) is 9.97 Å². The summed E-state index contributed by atoms with van der Waals surface area (Å²) >= 11 is 0. The minimum atomic E-state index is -0.0716. The van der Waals surface area contributed by atoms with Crippen molar-refractivity contribution in [2.24, 2.45) is 0 Å². The minimum absolute atomic E-state index is 0.0716. The number of hydrogen-bond donors (Lipinski definition) is 0. The van der Waals surface area contributed by atoms with Crippen LogP contribution in [-0.2, 0) is 5.41 Å². The maximum absolute atomic E-state index is 6.94. The lowest BCUT2D eigenvalue weighted by atomic mass is 9.81. The molecule has 272 valence electrons. The Balaban J connectivity index is 0.907. The van der Waals surface area contributed by atoms with Crippen LogP contribution in [0.5, 0.6) is 0 Å². The number of benzene rings is 9. The monoisotopic (exact) mass is 740 g/mol. The van der Waals surface area contributed by atoms with Gasteiger partial charge >= 0.3 is 0 Å². The first-order chi connectivity index (χ1) is 28.5. The van der Waals surface area contributed by atoms with Crippen LogP contribution >= 0.6 is 0 Å². The normalized spacial score (nSPS) is 13.1. The van der Waals surface area contributed by atoms with Crippen molar-refractivity contribution in [1.29, 1.82) is 0 Å². The van der Waals surface area contributed by atoms with Crippen molar-refractivity contribution in [3.05, 3.63) is 193 Å². The molecule has 3 nitrogen and oxygen atoms in total. The third kappa shape index (κ3) is 4.80. The Kier molecular flexibility index (Phi) is 6.98. The highest BCUT2D eigenvalue weighted by molar-refractivity contribution is 6.23. The van der Waals surface area contributed by atoms with Crippen molar-refractivity contribution >= 4 is 54.5 Å². The molecule has 0 radical (unpaired) electrons. The van der Waals surface area contributed by atoms with Crippen molar-refractivity contribution in [2.45, 2.75) is 19.3 Å². The van der Waals surface area contributed by atoms with Gasteiger partial charge in [-0.3, -0.25) is 4.98 Å². The van der Waals surface area contributed by atoms with E-state index in [2.05, 4.69) is 190 Å². The zero-order valence-electron chi connectivity index (χ0n) is 32.1. The molecule has 2 aromatic heterocycles. The number of furan rings is 1. The van der Waals surface area contributed by atoms with Crippen LogP contribution in [0.15, 0.2) is 187 Å². The van der Waals surface area contributed by atoms with Crippen molar-refractivity contribution in [1.82, 2.24) is 9.97 Å². The van der Waals surface area contributed by atoms with E-state index in [-0.39, 0.29) is 5.41 Å². The van der Waals surface area contributed by atoms with Gasteiger partial charge < -0.3 is 4.42 Å². The van der Waals surface area contributed by atoms with E-state index < -0.39 is 0 Å². The summed E-state index contributed by atoms with van der Waals surface area (Å²) in [7, 11) is 0. The summed E-state index contributed by atoms with van der Waals surface area (Å²) in [6.07, 6.45) is 1.91. The van der Waals surface area contributed by atoms with Crippen LogP contribution in [0.1, 0.15) is 25.0 Å². The summed E-state index contributed by atoms with van der Waals surface area (Å²) in [4.78, 5) is 10.2. The van der Waals surface area contributed by atoms with Gasteiger partial charge in [0, 0.05) is 43.7 Å². The molecule has 11 aromatic rings. The number of hydrogen-bond acceptors (Lipinski definition) is 3. The summed E-state index contributed by atoms with van der Waals surface area (Å²) in [6.45, 7) is 4.67. The largest absolute Gasteiger partial charge is 0.455 e. The molecular formula is C55H36N2O. The minimum Gasteiger partial charge on any atom is -0.455 e. The Morgan fingerprint density at radius 3 is 1.62 bits per heavy atom. The van der Waals surface area contributed by atoms with E-state index in [1.54, 1.807) is 0 Å². The lowest BCUT2D eigenvalue weighted by Crippen LogP contribution is -2.14. The first-order valence-electron chi connectivity index (χ1n) is 20.0. The van der Waals surface area contributed by atoms with Gasteiger partial charge in [-0.25, -0.2) is 4.98 Å². The second kappa shape index (κ2) is 12.3. The quantitative estimate of drug-likeness (QED) is 0.169. The van der Waals surface area contributed by atoms with E-state index in [9.17, 15) is 0 Å². The summed E-state index contributed by atoms with van der Waals surface area (Å²) in [5.41, 5.74) is 17.7. The van der Waals surface area contributed by atoms with Gasteiger partial charge in [-0.05, 0) is 67.4 Å². The zero-order valence-corrected chi connectivity index (χ0v) is 32.1. The van der Waals surface area contributed by atoms with Crippen LogP contribution in [0.2, 0.25) is 0 Å². The lowest BCUT2D eigenvalue weighted by Gasteiger charge is -2.22. The Hall–Kier alpha value is -7.36. The van der Waals surface area contributed by atoms with Crippen LogP contribution < -0.4 is 0 Å². The molecule has 0 aliphatic heterocycles. The predicted molar refractivity (Wildman–Crippen MR) is 241 cm³/mol. The molecule has 2 heterocycles. The standard InChI is InChI=1S/C55H36N2O/c1-55(2)48-23-8-7-16-42(48)43-29-28-37(31-49(43)55)39-20-11-22-47-46-21-10-19-38(53(46)58-54(39)47)36-13-9-12-35(30-36)33-24-26-34(27-25-33)50-32-56-51-44-17-5-3-14-40(44)41-15-4-6-18-45(41)52(51)57-50/h3-32H,1-2H3. The fourth-order valence-electron chi connectivity index (χ4n) is 9.61. The van der Waals surface area contributed by atoms with Gasteiger partial charge in [-0.15, -0.1) is 0 Å². The third-order valence-corrected chi connectivity index (χ3v) is 12.5. The van der Waals surface area contributed by atoms with Gasteiger partial charge in [0.05, 0.1) is 22.9 Å². The molecule has 0 fully saturated rings. The highest BCUT2D eigenvalue weighted by atomic mass is 16.3. The first-order valence-corrected chi connectivity index (χ1v) is 20.0. The van der Waals surface area contributed by atoms with Gasteiger partial charge in [0.1, 0.15) is 11.2 Å². The smallest absolute Gasteiger partial charge is 0.143 e. The van der Waals surface area contributed by atoms with E-state index in [1.807, 2.05) is 6.20 Å². The highest BCUT2D eigenvalue weighted by Gasteiger charge is 2.35. The van der Waals surface area contributed by atoms with Crippen molar-refractivity contribution < 1.29 is 4.42 Å². The molecule has 1 aliphatic rings. The Morgan fingerprint density at radius 1 is 0.379 bits per heavy atom. The molecule has 0 saturated heterocycles. The van der Waals surface area contributed by atoms with E-state index in [4.69, 9.17) is 14.4 Å². The van der Waals surface area contributed by atoms with Crippen LogP contribution in [0.25, 0.3) is 110 Å². The molecule has 0 N–H and O–H groups in total. The number of nitrogens with zero attached hydrogens (tertiary/aromatic N) is 2. The summed E-state index contributed by atoms with van der Waals surface area (Å²) in [6, 6.07) is 63.2. The Labute approximate surface area is 335 Å². The van der Waals surface area contributed by atoms with E-state index in [1.165, 1.54) is 38.6 Å². The topological polar surface area (TPSA) is 38.9 Å². The second-order valence-electron chi connectivity index (χ2n) is 16.1. The number of fused-ring (bicyclic) bond motifs is 12. The Morgan fingerprint density at radius 2 is 0.897 bits per heavy atom. The van der Waals surface area contributed by atoms with Gasteiger partial charge in [0.25, 0.3) is 0 Å². The molecule has 1 aliphatic carbocycles. The lowest BCUT2D eigenvalue weighted by molar-refractivity contribution is 0.660. The van der Waals surface area contributed by atoms with Gasteiger partial charge in [-0.1, -0.05) is 178 Å². The summed E-state index contributed by atoms with van der Waals surface area (Å²) < 4.78 is 6.94. The van der Waals surface area contributed by atoms with Crippen molar-refractivity contribution in [2.75, 3.05) is 0 Å². The van der Waals surface area contributed by atoms with Crippen molar-refractivity contribution in [3.8, 4) is 55.8 Å². The number of para-hydroxylation sites is 2.